The number of phenols is 1. The van der Waals surface area contributed by atoms with Crippen molar-refractivity contribution in [2.75, 3.05) is 18.5 Å². The highest BCUT2D eigenvalue weighted by Gasteiger charge is 2.13. The van der Waals surface area contributed by atoms with E-state index in [-0.39, 0.29) is 24.2 Å². The second kappa shape index (κ2) is 9.63. The first-order valence-electron chi connectivity index (χ1n) is 8.21. The Kier molecular flexibility index (Phi) is 7.81. The SMILES string of the molecule is CCOC(=O)CNc1cc(I)c(Oc2ccc(O)c(C(C)C)c2)c(I)c1. The van der Waals surface area contributed by atoms with E-state index in [1.165, 1.54) is 0 Å². The van der Waals surface area contributed by atoms with E-state index in [9.17, 15) is 9.90 Å². The van der Waals surface area contributed by atoms with Gasteiger partial charge in [-0.25, -0.2) is 0 Å². The summed E-state index contributed by atoms with van der Waals surface area (Å²) in [4.78, 5) is 11.5. The average molecular weight is 581 g/mol. The minimum absolute atomic E-state index is 0.121. The van der Waals surface area contributed by atoms with Crippen LogP contribution in [0.25, 0.3) is 0 Å². The fourth-order valence-electron chi connectivity index (χ4n) is 2.32. The summed E-state index contributed by atoms with van der Waals surface area (Å²) in [7, 11) is 0. The van der Waals surface area contributed by atoms with Gasteiger partial charge in [-0.3, -0.25) is 4.79 Å². The van der Waals surface area contributed by atoms with Gasteiger partial charge in [0.05, 0.1) is 13.7 Å². The monoisotopic (exact) mass is 581 g/mol. The number of carbonyl (C=O) groups is 1. The van der Waals surface area contributed by atoms with Crippen molar-refractivity contribution in [1.82, 2.24) is 0 Å². The van der Waals surface area contributed by atoms with Crippen LogP contribution in [0.5, 0.6) is 17.2 Å². The van der Waals surface area contributed by atoms with Crippen LogP contribution >= 0.6 is 45.2 Å². The van der Waals surface area contributed by atoms with Crippen LogP contribution in [-0.4, -0.2) is 24.2 Å². The molecule has 0 spiro atoms. The third kappa shape index (κ3) is 5.63. The number of ether oxygens (including phenoxy) is 2. The molecule has 0 radical (unpaired) electrons. The first kappa shape index (κ1) is 21.1. The molecule has 0 aliphatic carbocycles. The van der Waals surface area contributed by atoms with Crippen molar-refractivity contribution in [3.05, 3.63) is 43.0 Å². The van der Waals surface area contributed by atoms with E-state index in [4.69, 9.17) is 9.47 Å². The van der Waals surface area contributed by atoms with E-state index in [0.29, 0.717) is 12.4 Å². The molecule has 0 bridgehead atoms. The van der Waals surface area contributed by atoms with Crippen LogP contribution < -0.4 is 10.1 Å². The molecule has 0 aliphatic heterocycles. The quantitative estimate of drug-likeness (QED) is 0.335. The summed E-state index contributed by atoms with van der Waals surface area (Å²) in [5, 5.41) is 13.0. The Bertz CT molecular complexity index is 770. The lowest BCUT2D eigenvalue weighted by Gasteiger charge is -2.15. The topological polar surface area (TPSA) is 67.8 Å². The van der Waals surface area contributed by atoms with Crippen LogP contribution in [0.4, 0.5) is 5.69 Å². The van der Waals surface area contributed by atoms with Gasteiger partial charge in [-0.1, -0.05) is 13.8 Å². The molecular formula is C19H21I2NO4. The highest BCUT2D eigenvalue weighted by Crippen LogP contribution is 2.36. The molecule has 2 aromatic carbocycles. The Hall–Kier alpha value is -1.23. The molecule has 0 unspecified atom stereocenters. The Morgan fingerprint density at radius 3 is 2.42 bits per heavy atom. The zero-order valence-electron chi connectivity index (χ0n) is 14.8. The molecule has 5 nitrogen and oxygen atoms in total. The number of rotatable bonds is 7. The van der Waals surface area contributed by atoms with Gasteiger partial charge in [0.15, 0.2) is 5.75 Å². The third-order valence-corrected chi connectivity index (χ3v) is 5.18. The van der Waals surface area contributed by atoms with Crippen LogP contribution in [0.15, 0.2) is 30.3 Å². The molecule has 0 amide bonds. The van der Waals surface area contributed by atoms with Gasteiger partial charge in [0.2, 0.25) is 0 Å². The van der Waals surface area contributed by atoms with Crippen LogP contribution in [0.1, 0.15) is 32.3 Å². The zero-order valence-corrected chi connectivity index (χ0v) is 19.1. The number of carbonyl (C=O) groups excluding carboxylic acids is 1. The fraction of sp³-hybridized carbons (Fsp3) is 0.316. The lowest BCUT2D eigenvalue weighted by atomic mass is 10.0. The molecule has 0 saturated carbocycles. The molecule has 2 N–H and O–H groups in total. The van der Waals surface area contributed by atoms with Crippen molar-refractivity contribution in [3.8, 4) is 17.2 Å². The van der Waals surface area contributed by atoms with Gasteiger partial charge >= 0.3 is 5.97 Å². The number of esters is 1. The molecule has 2 aromatic rings. The summed E-state index contributed by atoms with van der Waals surface area (Å²) < 4.78 is 12.8. The molecule has 26 heavy (non-hydrogen) atoms. The number of hydrogen-bond acceptors (Lipinski definition) is 5. The fourth-order valence-corrected chi connectivity index (χ4v) is 4.31. The van der Waals surface area contributed by atoms with Crippen molar-refractivity contribution in [2.45, 2.75) is 26.7 Å². The van der Waals surface area contributed by atoms with Gasteiger partial charge in [-0.15, -0.1) is 0 Å². The third-order valence-electron chi connectivity index (χ3n) is 3.58. The van der Waals surface area contributed by atoms with E-state index in [0.717, 1.165) is 24.1 Å². The molecule has 0 fully saturated rings. The average Bonchev–Trinajstić information content (AvgIpc) is 2.57. The Balaban J connectivity index is 2.18. The van der Waals surface area contributed by atoms with Crippen molar-refractivity contribution in [2.24, 2.45) is 0 Å². The second-order valence-corrected chi connectivity index (χ2v) is 8.23. The van der Waals surface area contributed by atoms with Crippen LogP contribution in [0, 0.1) is 7.14 Å². The van der Waals surface area contributed by atoms with Gasteiger partial charge in [0.1, 0.15) is 18.0 Å². The van der Waals surface area contributed by atoms with E-state index >= 15 is 0 Å². The van der Waals surface area contributed by atoms with Gasteiger partial charge in [0.25, 0.3) is 0 Å². The van der Waals surface area contributed by atoms with E-state index in [1.807, 2.05) is 32.0 Å². The maximum atomic E-state index is 11.5. The van der Waals surface area contributed by atoms with Gasteiger partial charge in [-0.2, -0.15) is 0 Å². The first-order chi connectivity index (χ1) is 12.3. The number of nitrogens with one attached hydrogen (secondary N) is 1. The van der Waals surface area contributed by atoms with Crippen LogP contribution in [0.3, 0.4) is 0 Å². The van der Waals surface area contributed by atoms with Crippen molar-refractivity contribution in [1.29, 1.82) is 0 Å². The predicted molar refractivity (Wildman–Crippen MR) is 119 cm³/mol. The van der Waals surface area contributed by atoms with Crippen LogP contribution in [0.2, 0.25) is 0 Å². The molecule has 0 aromatic heterocycles. The predicted octanol–water partition coefficient (Wildman–Crippen LogP) is 5.49. The Morgan fingerprint density at radius 1 is 1.19 bits per heavy atom. The summed E-state index contributed by atoms with van der Waals surface area (Å²) in [6.45, 7) is 6.32. The number of aromatic hydroxyl groups is 1. The summed E-state index contributed by atoms with van der Waals surface area (Å²) in [5.74, 6) is 1.60. The minimum atomic E-state index is -0.289. The van der Waals surface area contributed by atoms with Gasteiger partial charge in [-0.05, 0) is 88.4 Å². The summed E-state index contributed by atoms with van der Waals surface area (Å²) in [5.41, 5.74) is 1.67. The smallest absolute Gasteiger partial charge is 0.325 e. The number of halogens is 2. The van der Waals surface area contributed by atoms with Crippen molar-refractivity contribution in [3.63, 3.8) is 0 Å². The number of anilines is 1. The summed E-state index contributed by atoms with van der Waals surface area (Å²) in [6, 6.07) is 9.10. The highest BCUT2D eigenvalue weighted by molar-refractivity contribution is 14.1. The number of phenolic OH excluding ortho intramolecular Hbond substituents is 1. The molecule has 0 aliphatic rings. The lowest BCUT2D eigenvalue weighted by molar-refractivity contribution is -0.140. The van der Waals surface area contributed by atoms with Gasteiger partial charge in [0, 0.05) is 11.3 Å². The van der Waals surface area contributed by atoms with E-state index in [1.54, 1.807) is 19.1 Å². The largest absolute Gasteiger partial charge is 0.508 e. The second-order valence-electron chi connectivity index (χ2n) is 5.90. The number of benzene rings is 2. The summed E-state index contributed by atoms with van der Waals surface area (Å²) >= 11 is 4.41. The normalized spacial score (nSPS) is 10.7. The molecule has 140 valence electrons. The molecule has 0 saturated heterocycles. The standard InChI is InChI=1S/C19H21I2NO4/c1-4-25-18(24)10-22-12-7-15(20)19(16(21)8-12)26-13-5-6-17(23)14(9-13)11(2)3/h5-9,11,22-23H,4,10H2,1-3H3. The first-order valence-corrected chi connectivity index (χ1v) is 10.4. The Morgan fingerprint density at radius 2 is 1.85 bits per heavy atom. The maximum Gasteiger partial charge on any atom is 0.325 e. The molecule has 7 heteroatoms. The van der Waals surface area contributed by atoms with Gasteiger partial charge < -0.3 is 19.9 Å². The summed E-state index contributed by atoms with van der Waals surface area (Å²) in [6.07, 6.45) is 0. The highest BCUT2D eigenvalue weighted by atomic mass is 127. The molecular weight excluding hydrogens is 560 g/mol. The van der Waals surface area contributed by atoms with Crippen molar-refractivity contribution < 1.29 is 19.4 Å². The Labute approximate surface area is 180 Å². The molecule has 0 heterocycles. The van der Waals surface area contributed by atoms with E-state index in [2.05, 4.69) is 50.5 Å². The minimum Gasteiger partial charge on any atom is -0.508 e. The van der Waals surface area contributed by atoms with Crippen molar-refractivity contribution >= 4 is 56.8 Å². The zero-order chi connectivity index (χ0) is 19.3. The number of hydrogen-bond donors (Lipinski definition) is 2. The molecule has 0 atom stereocenters. The van der Waals surface area contributed by atoms with E-state index < -0.39 is 0 Å². The molecule has 2 rings (SSSR count). The maximum absolute atomic E-state index is 11.5. The van der Waals surface area contributed by atoms with Crippen LogP contribution in [-0.2, 0) is 9.53 Å². The lowest BCUT2D eigenvalue weighted by Crippen LogP contribution is -2.16.